The number of hydrogen-bond donors (Lipinski definition) is 1. The van der Waals surface area contributed by atoms with Crippen molar-refractivity contribution in [3.8, 4) is 0 Å². The van der Waals surface area contributed by atoms with Gasteiger partial charge < -0.3 is 9.73 Å². The van der Waals surface area contributed by atoms with E-state index in [9.17, 15) is 4.79 Å². The van der Waals surface area contributed by atoms with Crippen molar-refractivity contribution in [1.82, 2.24) is 15.2 Å². The molecule has 0 unspecified atom stereocenters. The van der Waals surface area contributed by atoms with E-state index >= 15 is 0 Å². The number of amides is 1. The molecular formula is C17H21N3O2S2. The number of thiophene rings is 1. The molecule has 2 bridgehead atoms. The Labute approximate surface area is 149 Å². The van der Waals surface area contributed by atoms with Crippen molar-refractivity contribution in [1.29, 1.82) is 0 Å². The summed E-state index contributed by atoms with van der Waals surface area (Å²) < 4.78 is 6.50. The first-order valence-corrected chi connectivity index (χ1v) is 9.98. The molecule has 1 amide bonds. The van der Waals surface area contributed by atoms with E-state index in [1.54, 1.807) is 6.20 Å². The molecule has 5 nitrogen and oxygen atoms in total. The summed E-state index contributed by atoms with van der Waals surface area (Å²) in [5.41, 5.74) is 0. The van der Waals surface area contributed by atoms with E-state index < -0.39 is 0 Å². The van der Waals surface area contributed by atoms with Crippen LogP contribution in [0.2, 0.25) is 0 Å². The van der Waals surface area contributed by atoms with E-state index in [1.165, 1.54) is 49.0 Å². The molecule has 5 rings (SSSR count). The fourth-order valence-electron chi connectivity index (χ4n) is 3.73. The highest BCUT2D eigenvalue weighted by molar-refractivity contribution is 8.01. The lowest BCUT2D eigenvalue weighted by molar-refractivity contribution is 0.0218. The molecule has 0 aromatic carbocycles. The Morgan fingerprint density at radius 1 is 1.42 bits per heavy atom. The molecule has 5 heterocycles. The second kappa shape index (κ2) is 6.54. The molecule has 24 heavy (non-hydrogen) atoms. The highest BCUT2D eigenvalue weighted by Gasteiger charge is 2.40. The minimum absolute atomic E-state index is 0.0426. The lowest BCUT2D eigenvalue weighted by atomic mass is 9.79. The van der Waals surface area contributed by atoms with Crippen LogP contribution in [0.4, 0.5) is 0 Å². The number of nitrogens with one attached hydrogen (secondary N) is 1. The Balaban J connectivity index is 1.41. The van der Waals surface area contributed by atoms with E-state index in [2.05, 4.69) is 22.1 Å². The molecule has 2 aromatic heterocycles. The monoisotopic (exact) mass is 363 g/mol. The molecule has 3 saturated heterocycles. The van der Waals surface area contributed by atoms with Crippen molar-refractivity contribution in [2.75, 3.05) is 13.1 Å². The lowest BCUT2D eigenvalue weighted by Crippen LogP contribution is -2.62. The van der Waals surface area contributed by atoms with Crippen molar-refractivity contribution < 1.29 is 9.21 Å². The van der Waals surface area contributed by atoms with Gasteiger partial charge in [0.2, 0.25) is 0 Å². The predicted octanol–water partition coefficient (Wildman–Crippen LogP) is 3.41. The van der Waals surface area contributed by atoms with Gasteiger partial charge in [-0.05, 0) is 69.6 Å². The van der Waals surface area contributed by atoms with Gasteiger partial charge in [-0.3, -0.25) is 9.69 Å². The number of piperidine rings is 3. The van der Waals surface area contributed by atoms with E-state index in [4.69, 9.17) is 4.42 Å². The SMILES string of the molecule is Cc1cnc(Sc2ccc(C(=O)N[C@@H]3C4CCN(CC4)[C@H]3C)s2)o1. The van der Waals surface area contributed by atoms with Crippen LogP contribution in [-0.2, 0) is 0 Å². The third kappa shape index (κ3) is 3.12. The van der Waals surface area contributed by atoms with Gasteiger partial charge in [-0.1, -0.05) is 0 Å². The highest BCUT2D eigenvalue weighted by Crippen LogP contribution is 2.34. The van der Waals surface area contributed by atoms with Crippen LogP contribution in [-0.4, -0.2) is 41.0 Å². The average molecular weight is 364 g/mol. The Kier molecular flexibility index (Phi) is 4.40. The molecule has 128 valence electrons. The number of aromatic nitrogens is 1. The molecule has 0 aliphatic carbocycles. The number of nitrogens with zero attached hydrogens (tertiary/aromatic N) is 2. The van der Waals surface area contributed by atoms with Gasteiger partial charge in [0.15, 0.2) is 0 Å². The third-order valence-electron chi connectivity index (χ3n) is 5.07. The zero-order valence-electron chi connectivity index (χ0n) is 13.8. The summed E-state index contributed by atoms with van der Waals surface area (Å²) in [7, 11) is 0. The van der Waals surface area contributed by atoms with Crippen molar-refractivity contribution in [3.05, 3.63) is 29.0 Å². The van der Waals surface area contributed by atoms with Crippen molar-refractivity contribution in [2.24, 2.45) is 5.92 Å². The summed E-state index contributed by atoms with van der Waals surface area (Å²) >= 11 is 2.95. The Morgan fingerprint density at radius 2 is 2.21 bits per heavy atom. The van der Waals surface area contributed by atoms with Gasteiger partial charge in [-0.15, -0.1) is 11.3 Å². The summed E-state index contributed by atoms with van der Waals surface area (Å²) in [6.45, 7) is 6.46. The quantitative estimate of drug-likeness (QED) is 0.902. The van der Waals surface area contributed by atoms with Crippen LogP contribution in [0, 0.1) is 12.8 Å². The zero-order chi connectivity index (χ0) is 16.7. The second-order valence-electron chi connectivity index (χ2n) is 6.57. The molecule has 0 radical (unpaired) electrons. The number of carbonyl (C=O) groups is 1. The molecule has 3 fully saturated rings. The zero-order valence-corrected chi connectivity index (χ0v) is 15.5. The number of rotatable bonds is 4. The van der Waals surface area contributed by atoms with E-state index in [0.29, 0.717) is 17.2 Å². The normalized spacial score (nSPS) is 28.9. The molecule has 1 N–H and O–H groups in total. The van der Waals surface area contributed by atoms with Crippen molar-refractivity contribution in [2.45, 2.75) is 48.2 Å². The summed E-state index contributed by atoms with van der Waals surface area (Å²) in [4.78, 5) is 20.1. The maximum Gasteiger partial charge on any atom is 0.261 e. The fourth-order valence-corrected chi connectivity index (χ4v) is 5.61. The van der Waals surface area contributed by atoms with Crippen LogP contribution < -0.4 is 5.32 Å². The van der Waals surface area contributed by atoms with Crippen LogP contribution in [0.5, 0.6) is 0 Å². The maximum atomic E-state index is 12.6. The Morgan fingerprint density at radius 3 is 2.88 bits per heavy atom. The summed E-state index contributed by atoms with van der Waals surface area (Å²) in [6, 6.07) is 4.56. The van der Waals surface area contributed by atoms with E-state index in [1.807, 2.05) is 19.1 Å². The van der Waals surface area contributed by atoms with Gasteiger partial charge >= 0.3 is 0 Å². The van der Waals surface area contributed by atoms with Gasteiger partial charge in [0.25, 0.3) is 11.1 Å². The molecule has 3 aliphatic rings. The first-order valence-electron chi connectivity index (χ1n) is 8.35. The summed E-state index contributed by atoms with van der Waals surface area (Å²) in [5.74, 6) is 1.46. The maximum absolute atomic E-state index is 12.6. The van der Waals surface area contributed by atoms with Crippen molar-refractivity contribution >= 4 is 29.0 Å². The number of oxazole rings is 1. The Bertz CT molecular complexity index is 732. The standard InChI is InChI=1S/C17H21N3O2S2/c1-10-9-18-17(22-10)24-14-4-3-13(23-14)16(21)19-15-11(2)20-7-5-12(15)6-8-20/h3-4,9,11-12,15H,5-8H2,1-2H3,(H,19,21)/t11-,15-/m0/s1. The molecular weight excluding hydrogens is 342 g/mol. The molecule has 7 heteroatoms. The first kappa shape index (κ1) is 16.2. The first-order chi connectivity index (χ1) is 11.6. The highest BCUT2D eigenvalue weighted by atomic mass is 32.2. The molecule has 0 spiro atoms. The van der Waals surface area contributed by atoms with Crippen LogP contribution in [0.25, 0.3) is 0 Å². The van der Waals surface area contributed by atoms with Gasteiger partial charge in [-0.2, -0.15) is 0 Å². The van der Waals surface area contributed by atoms with Crippen LogP contribution in [0.15, 0.2) is 32.2 Å². The average Bonchev–Trinajstić information content (AvgIpc) is 3.21. The van der Waals surface area contributed by atoms with Gasteiger partial charge in [0, 0.05) is 12.1 Å². The smallest absolute Gasteiger partial charge is 0.261 e. The van der Waals surface area contributed by atoms with Gasteiger partial charge in [-0.25, -0.2) is 4.98 Å². The topological polar surface area (TPSA) is 58.4 Å². The minimum Gasteiger partial charge on any atom is -0.437 e. The molecule has 2 atom stereocenters. The van der Waals surface area contributed by atoms with Gasteiger partial charge in [0.05, 0.1) is 15.3 Å². The fraction of sp³-hybridized carbons (Fsp3) is 0.529. The molecule has 2 aromatic rings. The lowest BCUT2D eigenvalue weighted by Gasteiger charge is -2.49. The van der Waals surface area contributed by atoms with Crippen LogP contribution in [0.3, 0.4) is 0 Å². The van der Waals surface area contributed by atoms with Gasteiger partial charge in [0.1, 0.15) is 5.76 Å². The largest absolute Gasteiger partial charge is 0.437 e. The molecule has 3 aliphatic heterocycles. The van der Waals surface area contributed by atoms with E-state index in [-0.39, 0.29) is 11.9 Å². The third-order valence-corrected chi connectivity index (χ3v) is 7.15. The second-order valence-corrected chi connectivity index (χ2v) is 8.91. The Hall–Kier alpha value is -1.31. The summed E-state index contributed by atoms with van der Waals surface area (Å²) in [5, 5.41) is 3.90. The molecule has 0 saturated carbocycles. The van der Waals surface area contributed by atoms with Crippen LogP contribution >= 0.6 is 23.1 Å². The number of aryl methyl sites for hydroxylation is 1. The summed E-state index contributed by atoms with van der Waals surface area (Å²) in [6.07, 6.45) is 4.10. The minimum atomic E-state index is 0.0426. The number of hydrogen-bond acceptors (Lipinski definition) is 6. The number of fused-ring (bicyclic) bond motifs is 3. The van der Waals surface area contributed by atoms with Crippen LogP contribution in [0.1, 0.15) is 35.2 Å². The predicted molar refractivity (Wildman–Crippen MR) is 94.7 cm³/mol. The van der Waals surface area contributed by atoms with Crippen molar-refractivity contribution in [3.63, 3.8) is 0 Å². The van der Waals surface area contributed by atoms with E-state index in [0.717, 1.165) is 14.8 Å². The number of carbonyl (C=O) groups excluding carboxylic acids is 1.